The topological polar surface area (TPSA) is 102 Å². The fourth-order valence-electron chi connectivity index (χ4n) is 0.267. The van der Waals surface area contributed by atoms with E-state index in [1.807, 2.05) is 0 Å². The van der Waals surface area contributed by atoms with Crippen LogP contribution in [-0.4, -0.2) is 22.9 Å². The number of oxime groups is 1. The number of aliphatic carboxylic acids is 1. The van der Waals surface area contributed by atoms with Gasteiger partial charge in [-0.1, -0.05) is 5.16 Å². The van der Waals surface area contributed by atoms with E-state index in [9.17, 15) is 9.59 Å². The molecular weight excluding hydrogens is 176 g/mol. The third kappa shape index (κ3) is 4.09. The van der Waals surface area contributed by atoms with E-state index in [4.69, 9.17) is 10.8 Å². The highest BCUT2D eigenvalue weighted by molar-refractivity contribution is 6.33. The SMILES string of the molecule is CC(C)(C)C(=O)O/N=C(\N)C(=O)O. The van der Waals surface area contributed by atoms with E-state index in [-0.39, 0.29) is 0 Å². The molecule has 0 fully saturated rings. The standard InChI is InChI=1S/C7H12N2O4/c1-7(2,3)6(12)13-9-4(8)5(10)11/h1-3H3,(H2,8,9)(H,10,11). The van der Waals surface area contributed by atoms with Gasteiger partial charge in [-0.3, -0.25) is 0 Å². The van der Waals surface area contributed by atoms with Crippen molar-refractivity contribution in [2.75, 3.05) is 0 Å². The average Bonchev–Trinajstić information content (AvgIpc) is 1.97. The normalized spacial score (nSPS) is 12.4. The quantitative estimate of drug-likeness (QED) is 0.259. The van der Waals surface area contributed by atoms with Crippen LogP contribution in [-0.2, 0) is 14.4 Å². The monoisotopic (exact) mass is 188 g/mol. The summed E-state index contributed by atoms with van der Waals surface area (Å²) in [7, 11) is 0. The number of nitrogens with two attached hydrogens (primary N) is 1. The van der Waals surface area contributed by atoms with Gasteiger partial charge >= 0.3 is 11.9 Å². The van der Waals surface area contributed by atoms with Crippen molar-refractivity contribution < 1.29 is 19.5 Å². The maximum Gasteiger partial charge on any atom is 0.374 e. The van der Waals surface area contributed by atoms with Crippen molar-refractivity contribution in [2.24, 2.45) is 16.3 Å². The molecule has 0 atom stereocenters. The van der Waals surface area contributed by atoms with Crippen molar-refractivity contribution in [3.63, 3.8) is 0 Å². The van der Waals surface area contributed by atoms with Crippen molar-refractivity contribution in [3.05, 3.63) is 0 Å². The largest absolute Gasteiger partial charge is 0.475 e. The number of hydrogen-bond donors (Lipinski definition) is 2. The van der Waals surface area contributed by atoms with Gasteiger partial charge in [0.15, 0.2) is 0 Å². The summed E-state index contributed by atoms with van der Waals surface area (Å²) in [6, 6.07) is 0. The Bertz CT molecular complexity index is 252. The molecule has 13 heavy (non-hydrogen) atoms. The minimum absolute atomic E-state index is 0.642. The molecule has 0 aliphatic rings. The number of rotatable bonds is 1. The first-order chi connectivity index (χ1) is 5.75. The van der Waals surface area contributed by atoms with Crippen molar-refractivity contribution in [3.8, 4) is 0 Å². The van der Waals surface area contributed by atoms with Crippen molar-refractivity contribution >= 4 is 17.8 Å². The summed E-state index contributed by atoms with van der Waals surface area (Å²) in [5.74, 6) is -2.82. The molecule has 0 aliphatic carbocycles. The first-order valence-corrected chi connectivity index (χ1v) is 3.53. The molecule has 0 bridgehead atoms. The van der Waals surface area contributed by atoms with E-state index in [0.717, 1.165) is 0 Å². The number of carbonyl (C=O) groups excluding carboxylic acids is 1. The van der Waals surface area contributed by atoms with E-state index < -0.39 is 23.2 Å². The van der Waals surface area contributed by atoms with Crippen LogP contribution < -0.4 is 5.73 Å². The van der Waals surface area contributed by atoms with E-state index in [1.54, 1.807) is 20.8 Å². The summed E-state index contributed by atoms with van der Waals surface area (Å²) in [4.78, 5) is 25.4. The van der Waals surface area contributed by atoms with Gasteiger partial charge in [0.05, 0.1) is 5.41 Å². The Kier molecular flexibility index (Phi) is 3.41. The first kappa shape index (κ1) is 11.4. The number of carbonyl (C=O) groups is 2. The average molecular weight is 188 g/mol. The highest BCUT2D eigenvalue weighted by atomic mass is 16.7. The van der Waals surface area contributed by atoms with Crippen LogP contribution in [0.3, 0.4) is 0 Å². The van der Waals surface area contributed by atoms with E-state index in [1.165, 1.54) is 0 Å². The van der Waals surface area contributed by atoms with Crippen molar-refractivity contribution in [2.45, 2.75) is 20.8 Å². The highest BCUT2D eigenvalue weighted by Gasteiger charge is 2.23. The molecule has 0 aliphatic heterocycles. The fraction of sp³-hybridized carbons (Fsp3) is 0.571. The van der Waals surface area contributed by atoms with Crippen molar-refractivity contribution in [1.29, 1.82) is 0 Å². The van der Waals surface area contributed by atoms with Crippen LogP contribution in [0.1, 0.15) is 20.8 Å². The number of carboxylic acids is 1. The van der Waals surface area contributed by atoms with Crippen LogP contribution in [0, 0.1) is 5.41 Å². The second-order valence-corrected chi connectivity index (χ2v) is 3.41. The minimum Gasteiger partial charge on any atom is -0.475 e. The summed E-state index contributed by atoms with van der Waals surface area (Å²) in [6.07, 6.45) is 0. The third-order valence-corrected chi connectivity index (χ3v) is 1.06. The smallest absolute Gasteiger partial charge is 0.374 e. The number of carboxylic acid groups (broad SMARTS) is 1. The number of nitrogens with zero attached hydrogens (tertiary/aromatic N) is 1. The van der Waals surface area contributed by atoms with Gasteiger partial charge in [-0.15, -0.1) is 0 Å². The van der Waals surface area contributed by atoms with E-state index in [2.05, 4.69) is 9.99 Å². The van der Waals surface area contributed by atoms with E-state index >= 15 is 0 Å². The van der Waals surface area contributed by atoms with Gasteiger partial charge in [0.1, 0.15) is 0 Å². The van der Waals surface area contributed by atoms with Gasteiger partial charge in [-0.2, -0.15) is 0 Å². The summed E-state index contributed by atoms with van der Waals surface area (Å²) in [5, 5.41) is 11.2. The predicted octanol–water partition coefficient (Wildman–Crippen LogP) is -0.0675. The van der Waals surface area contributed by atoms with Gasteiger partial charge in [0.2, 0.25) is 5.84 Å². The van der Waals surface area contributed by atoms with Crippen LogP contribution in [0.5, 0.6) is 0 Å². The van der Waals surface area contributed by atoms with Crippen LogP contribution >= 0.6 is 0 Å². The molecule has 74 valence electrons. The Balaban J connectivity index is 4.26. The summed E-state index contributed by atoms with van der Waals surface area (Å²) < 4.78 is 0. The molecule has 0 saturated carbocycles. The van der Waals surface area contributed by atoms with Gasteiger partial charge < -0.3 is 15.7 Å². The Morgan fingerprint density at radius 1 is 1.38 bits per heavy atom. The van der Waals surface area contributed by atoms with Gasteiger partial charge in [0.25, 0.3) is 0 Å². The zero-order chi connectivity index (χ0) is 10.6. The minimum atomic E-state index is -1.43. The Hall–Kier alpha value is -1.59. The number of amidine groups is 1. The molecular formula is C7H12N2O4. The molecule has 6 heteroatoms. The molecule has 0 aromatic rings. The lowest BCUT2D eigenvalue weighted by Crippen LogP contribution is -2.26. The van der Waals surface area contributed by atoms with Crippen molar-refractivity contribution in [1.82, 2.24) is 0 Å². The maximum absolute atomic E-state index is 11.0. The first-order valence-electron chi connectivity index (χ1n) is 3.53. The predicted molar refractivity (Wildman–Crippen MR) is 44.8 cm³/mol. The third-order valence-electron chi connectivity index (χ3n) is 1.06. The van der Waals surface area contributed by atoms with Crippen LogP contribution in [0.25, 0.3) is 0 Å². The van der Waals surface area contributed by atoms with Crippen LogP contribution in [0.2, 0.25) is 0 Å². The molecule has 0 unspecified atom stereocenters. The fourth-order valence-corrected chi connectivity index (χ4v) is 0.267. The van der Waals surface area contributed by atoms with E-state index in [0.29, 0.717) is 0 Å². The second kappa shape index (κ2) is 3.88. The molecule has 6 nitrogen and oxygen atoms in total. The van der Waals surface area contributed by atoms with Crippen LogP contribution in [0.4, 0.5) is 0 Å². The summed E-state index contributed by atoms with van der Waals surface area (Å²) in [6.45, 7) is 4.84. The molecule has 0 spiro atoms. The van der Waals surface area contributed by atoms with Gasteiger partial charge in [-0.05, 0) is 20.8 Å². The molecule has 0 aromatic carbocycles. The lowest BCUT2D eigenvalue weighted by atomic mass is 9.98. The molecule has 0 rings (SSSR count). The Labute approximate surface area is 75.3 Å². The molecule has 0 aromatic heterocycles. The zero-order valence-corrected chi connectivity index (χ0v) is 7.70. The Morgan fingerprint density at radius 2 is 1.85 bits per heavy atom. The second-order valence-electron chi connectivity index (χ2n) is 3.41. The lowest BCUT2D eigenvalue weighted by molar-refractivity contribution is -0.153. The molecule has 0 heterocycles. The summed E-state index contributed by atoms with van der Waals surface area (Å²) >= 11 is 0. The summed E-state index contributed by atoms with van der Waals surface area (Å²) in [5.41, 5.74) is 4.15. The van der Waals surface area contributed by atoms with Gasteiger partial charge in [-0.25, -0.2) is 9.59 Å². The Morgan fingerprint density at radius 3 is 2.15 bits per heavy atom. The zero-order valence-electron chi connectivity index (χ0n) is 7.70. The lowest BCUT2D eigenvalue weighted by Gasteiger charge is -2.12. The molecule has 0 amide bonds. The maximum atomic E-state index is 11.0. The molecule has 3 N–H and O–H groups in total. The van der Waals surface area contributed by atoms with Gasteiger partial charge in [0, 0.05) is 0 Å². The molecule has 0 saturated heterocycles. The highest BCUT2D eigenvalue weighted by Crippen LogP contribution is 2.14. The number of hydrogen-bond acceptors (Lipinski definition) is 4. The van der Waals surface area contributed by atoms with Crippen LogP contribution in [0.15, 0.2) is 5.16 Å². The molecule has 0 radical (unpaired) electrons.